The number of methoxy groups -OCH3 is 1. The first kappa shape index (κ1) is 7.71. The van der Waals surface area contributed by atoms with Crippen molar-refractivity contribution in [1.29, 1.82) is 0 Å². The molecule has 0 saturated heterocycles. The highest BCUT2D eigenvalue weighted by molar-refractivity contribution is 14.1. The van der Waals surface area contributed by atoms with Crippen molar-refractivity contribution in [3.63, 3.8) is 0 Å². The quantitative estimate of drug-likeness (QED) is 0.588. The second-order valence-corrected chi connectivity index (χ2v) is 2.41. The van der Waals surface area contributed by atoms with Crippen LogP contribution in [0.2, 0.25) is 0 Å². The number of nitrogens with zero attached hydrogens (tertiary/aromatic N) is 2. The maximum Gasteiger partial charge on any atom is 0.236 e. The van der Waals surface area contributed by atoms with E-state index < -0.39 is 0 Å². The Morgan fingerprint density at radius 1 is 1.50 bits per heavy atom. The van der Waals surface area contributed by atoms with Crippen LogP contribution < -0.4 is 4.74 Å². The minimum absolute atomic E-state index is 0.622. The van der Waals surface area contributed by atoms with Crippen molar-refractivity contribution in [1.82, 2.24) is 9.97 Å². The standard InChI is InChI=1S/C6H7IN2O/c1-10-6-5(4-7)8-2-3-9-6/h2-3H,4H2,1H3. The Labute approximate surface area is 73.0 Å². The fraction of sp³-hybridized carbons (Fsp3) is 0.333. The summed E-state index contributed by atoms with van der Waals surface area (Å²) in [4.78, 5) is 8.05. The molecular weight excluding hydrogens is 243 g/mol. The van der Waals surface area contributed by atoms with Gasteiger partial charge >= 0.3 is 0 Å². The molecule has 54 valence electrons. The van der Waals surface area contributed by atoms with E-state index in [0.29, 0.717) is 5.88 Å². The lowest BCUT2D eigenvalue weighted by atomic mass is 10.5. The van der Waals surface area contributed by atoms with Gasteiger partial charge in [0.2, 0.25) is 5.88 Å². The van der Waals surface area contributed by atoms with Crippen LogP contribution in [0.25, 0.3) is 0 Å². The second kappa shape index (κ2) is 3.70. The summed E-state index contributed by atoms with van der Waals surface area (Å²) in [6.07, 6.45) is 3.28. The maximum absolute atomic E-state index is 4.96. The molecule has 0 aliphatic carbocycles. The molecule has 0 aliphatic rings. The van der Waals surface area contributed by atoms with Gasteiger partial charge in [0.15, 0.2) is 0 Å². The van der Waals surface area contributed by atoms with Gasteiger partial charge in [0, 0.05) is 16.8 Å². The number of hydrogen-bond acceptors (Lipinski definition) is 3. The number of ether oxygens (including phenoxy) is 1. The summed E-state index contributed by atoms with van der Waals surface area (Å²) in [6, 6.07) is 0. The van der Waals surface area contributed by atoms with E-state index in [1.54, 1.807) is 19.5 Å². The molecule has 0 radical (unpaired) electrons. The minimum Gasteiger partial charge on any atom is -0.480 e. The van der Waals surface area contributed by atoms with Crippen molar-refractivity contribution in [2.75, 3.05) is 7.11 Å². The van der Waals surface area contributed by atoms with Crippen molar-refractivity contribution >= 4 is 22.6 Å². The molecule has 1 aromatic heterocycles. The molecular formula is C6H7IN2O. The SMILES string of the molecule is COc1nccnc1CI. The van der Waals surface area contributed by atoms with Crippen molar-refractivity contribution in [3.05, 3.63) is 18.1 Å². The van der Waals surface area contributed by atoms with Crippen LogP contribution in [0.4, 0.5) is 0 Å². The van der Waals surface area contributed by atoms with Crippen molar-refractivity contribution in [2.24, 2.45) is 0 Å². The largest absolute Gasteiger partial charge is 0.480 e. The molecule has 4 heteroatoms. The van der Waals surface area contributed by atoms with E-state index >= 15 is 0 Å². The van der Waals surface area contributed by atoms with Gasteiger partial charge in [-0.1, -0.05) is 22.6 Å². The fourth-order valence-electron chi connectivity index (χ4n) is 0.616. The lowest BCUT2D eigenvalue weighted by Crippen LogP contribution is -1.94. The zero-order chi connectivity index (χ0) is 7.40. The van der Waals surface area contributed by atoms with Crippen molar-refractivity contribution < 1.29 is 4.74 Å². The molecule has 1 rings (SSSR count). The Balaban J connectivity index is 2.96. The third kappa shape index (κ3) is 1.56. The first-order valence-electron chi connectivity index (χ1n) is 2.78. The second-order valence-electron chi connectivity index (χ2n) is 1.65. The molecule has 0 aromatic carbocycles. The molecule has 0 spiro atoms. The van der Waals surface area contributed by atoms with E-state index in [1.807, 2.05) is 0 Å². The summed E-state index contributed by atoms with van der Waals surface area (Å²) in [5.74, 6) is 0.622. The van der Waals surface area contributed by atoms with Gasteiger partial charge in [0.25, 0.3) is 0 Å². The third-order valence-electron chi connectivity index (χ3n) is 1.06. The van der Waals surface area contributed by atoms with Gasteiger partial charge in [0.1, 0.15) is 5.69 Å². The molecule has 0 aliphatic heterocycles. The number of halogens is 1. The van der Waals surface area contributed by atoms with Gasteiger partial charge < -0.3 is 4.74 Å². The monoisotopic (exact) mass is 250 g/mol. The Morgan fingerprint density at radius 3 is 2.70 bits per heavy atom. The van der Waals surface area contributed by atoms with Crippen LogP contribution >= 0.6 is 22.6 Å². The highest BCUT2D eigenvalue weighted by Gasteiger charge is 2.00. The molecule has 10 heavy (non-hydrogen) atoms. The van der Waals surface area contributed by atoms with Crippen LogP contribution in [0, 0.1) is 0 Å². The van der Waals surface area contributed by atoms with Gasteiger partial charge in [-0.05, 0) is 0 Å². The molecule has 1 aromatic rings. The highest BCUT2D eigenvalue weighted by Crippen LogP contribution is 2.13. The molecule has 0 N–H and O–H groups in total. The van der Waals surface area contributed by atoms with E-state index in [2.05, 4.69) is 32.6 Å². The van der Waals surface area contributed by atoms with E-state index in [9.17, 15) is 0 Å². The number of rotatable bonds is 2. The van der Waals surface area contributed by atoms with E-state index in [-0.39, 0.29) is 0 Å². The lowest BCUT2D eigenvalue weighted by molar-refractivity contribution is 0.391. The average molecular weight is 250 g/mol. The molecule has 1 heterocycles. The zero-order valence-corrected chi connectivity index (χ0v) is 7.70. The summed E-state index contributed by atoms with van der Waals surface area (Å²) in [5.41, 5.74) is 0.894. The molecule has 0 amide bonds. The highest BCUT2D eigenvalue weighted by atomic mass is 127. The molecule has 0 bridgehead atoms. The predicted octanol–water partition coefficient (Wildman–Crippen LogP) is 1.42. The van der Waals surface area contributed by atoms with Gasteiger partial charge in [-0.15, -0.1) is 0 Å². The summed E-state index contributed by atoms with van der Waals surface area (Å²) >= 11 is 2.22. The van der Waals surface area contributed by atoms with Crippen molar-refractivity contribution in [2.45, 2.75) is 4.43 Å². The maximum atomic E-state index is 4.96. The van der Waals surface area contributed by atoms with Crippen LogP contribution in [0.5, 0.6) is 5.88 Å². The topological polar surface area (TPSA) is 35.0 Å². The summed E-state index contributed by atoms with van der Waals surface area (Å²) in [6.45, 7) is 0. The molecule has 3 nitrogen and oxygen atoms in total. The lowest BCUT2D eigenvalue weighted by Gasteiger charge is -2.00. The minimum atomic E-state index is 0.622. The van der Waals surface area contributed by atoms with E-state index in [4.69, 9.17) is 4.74 Å². The Bertz CT molecular complexity index is 194. The Morgan fingerprint density at radius 2 is 2.20 bits per heavy atom. The number of hydrogen-bond donors (Lipinski definition) is 0. The van der Waals surface area contributed by atoms with Crippen molar-refractivity contribution in [3.8, 4) is 5.88 Å². The van der Waals surface area contributed by atoms with Gasteiger partial charge in [0.05, 0.1) is 7.11 Å². The number of aromatic nitrogens is 2. The summed E-state index contributed by atoms with van der Waals surface area (Å²) in [5, 5.41) is 0. The van der Waals surface area contributed by atoms with E-state index in [1.165, 1.54) is 0 Å². The molecule has 0 fully saturated rings. The van der Waals surface area contributed by atoms with Crippen LogP contribution in [0.3, 0.4) is 0 Å². The van der Waals surface area contributed by atoms with Crippen LogP contribution in [-0.4, -0.2) is 17.1 Å². The average Bonchev–Trinajstić information content (AvgIpc) is 2.04. The molecule has 0 unspecified atom stereocenters. The molecule has 0 saturated carbocycles. The van der Waals surface area contributed by atoms with Gasteiger partial charge in [-0.2, -0.15) is 0 Å². The first-order valence-corrected chi connectivity index (χ1v) is 4.31. The zero-order valence-electron chi connectivity index (χ0n) is 5.54. The summed E-state index contributed by atoms with van der Waals surface area (Å²) in [7, 11) is 1.60. The first-order chi connectivity index (χ1) is 4.88. The van der Waals surface area contributed by atoms with Gasteiger partial charge in [-0.25, -0.2) is 4.98 Å². The van der Waals surface area contributed by atoms with E-state index in [0.717, 1.165) is 10.1 Å². The predicted molar refractivity (Wildman–Crippen MR) is 46.3 cm³/mol. The summed E-state index contributed by atoms with van der Waals surface area (Å²) < 4.78 is 5.79. The Hall–Kier alpha value is -0.390. The normalized spacial score (nSPS) is 9.40. The van der Waals surface area contributed by atoms with Gasteiger partial charge in [-0.3, -0.25) is 4.98 Å². The number of alkyl halides is 1. The third-order valence-corrected chi connectivity index (χ3v) is 1.78. The Kier molecular flexibility index (Phi) is 2.85. The van der Waals surface area contributed by atoms with Crippen LogP contribution in [-0.2, 0) is 4.43 Å². The smallest absolute Gasteiger partial charge is 0.236 e. The fourth-order valence-corrected chi connectivity index (χ4v) is 1.14. The molecule has 0 atom stereocenters. The van der Waals surface area contributed by atoms with Crippen LogP contribution in [0.1, 0.15) is 5.69 Å². The van der Waals surface area contributed by atoms with Crippen LogP contribution in [0.15, 0.2) is 12.4 Å².